The number of ketones is 1. The van der Waals surface area contributed by atoms with Crippen LogP contribution in [0, 0.1) is 0 Å². The number of hydrogen-bond donors (Lipinski definition) is 0. The fraction of sp³-hybridized carbons (Fsp3) is 0.417. The van der Waals surface area contributed by atoms with Crippen LogP contribution < -0.4 is 0 Å². The van der Waals surface area contributed by atoms with Gasteiger partial charge in [0.25, 0.3) is 5.91 Å². The van der Waals surface area contributed by atoms with Crippen LogP contribution in [0.3, 0.4) is 0 Å². The number of benzene rings is 2. The minimum Gasteiger partial charge on any atom is -0.356 e. The van der Waals surface area contributed by atoms with Gasteiger partial charge in [-0.2, -0.15) is 0 Å². The number of rotatable bonds is 5. The minimum atomic E-state index is -0.496. The minimum absolute atomic E-state index is 0.0678. The molecule has 0 radical (unpaired) electrons. The summed E-state index contributed by atoms with van der Waals surface area (Å²) >= 11 is 0. The summed E-state index contributed by atoms with van der Waals surface area (Å²) in [5.41, 5.74) is 1.44. The molecule has 1 fully saturated rings. The van der Waals surface area contributed by atoms with Crippen LogP contribution >= 0.6 is 0 Å². The van der Waals surface area contributed by atoms with Crippen LogP contribution in [0.5, 0.6) is 0 Å². The molecule has 0 aliphatic carbocycles. The number of ether oxygens (including phenoxy) is 1. The van der Waals surface area contributed by atoms with Crippen molar-refractivity contribution in [2.75, 3.05) is 33.8 Å². The number of hydrogen-bond acceptors (Lipinski definition) is 4. The summed E-state index contributed by atoms with van der Waals surface area (Å²) in [4.78, 5) is 26.6. The van der Waals surface area contributed by atoms with Crippen molar-refractivity contribution in [2.24, 2.45) is 0 Å². The first kappa shape index (κ1) is 22.8. The Hall–Kier alpha value is -2.50. The zero-order valence-corrected chi connectivity index (χ0v) is 17.9. The molecule has 1 heterocycles. The van der Waals surface area contributed by atoms with E-state index in [4.69, 9.17) is 4.74 Å². The lowest BCUT2D eigenvalue weighted by molar-refractivity contribution is -0.174. The predicted octanol–water partition coefficient (Wildman–Crippen LogP) is 3.65. The summed E-state index contributed by atoms with van der Waals surface area (Å²) in [6, 6.07) is 19.8. The van der Waals surface area contributed by atoms with Gasteiger partial charge in [0.05, 0.1) is 13.2 Å². The standard InChI is InChI=1S/C20H24N2O2.C4H8O/c1-21(2)20(15-17-9-5-3-6-10-17)16-22(13-14-24-20)19(23)18-11-7-4-8-12-18;1-3-4(2)5/h3-12H,13-16H2,1-2H3;3H2,1-2H3. The number of morpholine rings is 1. The highest BCUT2D eigenvalue weighted by molar-refractivity contribution is 5.94. The maximum atomic E-state index is 12.8. The summed E-state index contributed by atoms with van der Waals surface area (Å²) in [5, 5.41) is 0. The number of carbonyl (C=O) groups excluding carboxylic acids is 2. The third-order valence-corrected chi connectivity index (χ3v) is 5.11. The van der Waals surface area contributed by atoms with Crippen molar-refractivity contribution in [3.05, 3.63) is 71.8 Å². The zero-order chi connectivity index (χ0) is 21.3. The van der Waals surface area contributed by atoms with E-state index in [0.29, 0.717) is 26.1 Å². The van der Waals surface area contributed by atoms with E-state index in [0.717, 1.165) is 12.0 Å². The SMILES string of the molecule is CCC(C)=O.CN(C)C1(Cc2ccccc2)CN(C(=O)c2ccccc2)CCO1. The van der Waals surface area contributed by atoms with Crippen LogP contribution in [-0.2, 0) is 16.0 Å². The molecular formula is C24H32N2O3. The highest BCUT2D eigenvalue weighted by atomic mass is 16.5. The third kappa shape index (κ3) is 6.51. The Balaban J connectivity index is 0.000000537. The van der Waals surface area contributed by atoms with Crippen LogP contribution in [0.2, 0.25) is 0 Å². The van der Waals surface area contributed by atoms with Crippen molar-refractivity contribution < 1.29 is 14.3 Å². The van der Waals surface area contributed by atoms with E-state index in [1.54, 1.807) is 6.92 Å². The lowest BCUT2D eigenvalue weighted by Gasteiger charge is -2.46. The summed E-state index contributed by atoms with van der Waals surface area (Å²) in [6.45, 7) is 5.16. The fourth-order valence-corrected chi connectivity index (χ4v) is 3.16. The Morgan fingerprint density at radius 2 is 1.59 bits per heavy atom. The van der Waals surface area contributed by atoms with Gasteiger partial charge in [0, 0.05) is 24.9 Å². The molecule has 0 aromatic heterocycles. The molecular weight excluding hydrogens is 364 g/mol. The van der Waals surface area contributed by atoms with Crippen molar-refractivity contribution in [2.45, 2.75) is 32.4 Å². The number of amides is 1. The largest absolute Gasteiger partial charge is 0.356 e. The molecule has 156 valence electrons. The first-order valence-electron chi connectivity index (χ1n) is 10.1. The number of Topliss-reactive ketones (excluding diaryl/α,β-unsaturated/α-hetero) is 1. The number of nitrogens with zero attached hydrogens (tertiary/aromatic N) is 2. The summed E-state index contributed by atoms with van der Waals surface area (Å²) in [6.07, 6.45) is 1.42. The van der Waals surface area contributed by atoms with Crippen molar-refractivity contribution >= 4 is 11.7 Å². The Bertz CT molecular complexity index is 777. The van der Waals surface area contributed by atoms with Crippen LogP contribution in [0.1, 0.15) is 36.2 Å². The molecule has 0 N–H and O–H groups in total. The fourth-order valence-electron chi connectivity index (χ4n) is 3.16. The third-order valence-electron chi connectivity index (χ3n) is 5.11. The quantitative estimate of drug-likeness (QED) is 0.774. The van der Waals surface area contributed by atoms with E-state index in [1.165, 1.54) is 5.56 Å². The average Bonchev–Trinajstić information content (AvgIpc) is 2.75. The molecule has 1 saturated heterocycles. The van der Waals surface area contributed by atoms with Gasteiger partial charge in [-0.3, -0.25) is 9.69 Å². The van der Waals surface area contributed by atoms with E-state index >= 15 is 0 Å². The zero-order valence-electron chi connectivity index (χ0n) is 17.9. The molecule has 1 atom stereocenters. The smallest absolute Gasteiger partial charge is 0.254 e. The lowest BCUT2D eigenvalue weighted by atomic mass is 9.99. The maximum absolute atomic E-state index is 12.8. The second-order valence-electron chi connectivity index (χ2n) is 7.50. The van der Waals surface area contributed by atoms with Gasteiger partial charge in [-0.15, -0.1) is 0 Å². The van der Waals surface area contributed by atoms with Gasteiger partial charge < -0.3 is 14.4 Å². The normalized spacial score (nSPS) is 18.7. The Labute approximate surface area is 174 Å². The molecule has 2 aromatic carbocycles. The van der Waals surface area contributed by atoms with Gasteiger partial charge in [0.15, 0.2) is 0 Å². The molecule has 0 bridgehead atoms. The topological polar surface area (TPSA) is 49.9 Å². The van der Waals surface area contributed by atoms with E-state index in [9.17, 15) is 9.59 Å². The summed E-state index contributed by atoms with van der Waals surface area (Å²) in [5.74, 6) is 0.322. The average molecular weight is 397 g/mol. The maximum Gasteiger partial charge on any atom is 0.254 e. The summed E-state index contributed by atoms with van der Waals surface area (Å²) < 4.78 is 6.18. The van der Waals surface area contributed by atoms with E-state index < -0.39 is 5.72 Å². The lowest BCUT2D eigenvalue weighted by Crippen LogP contribution is -2.61. The van der Waals surface area contributed by atoms with Gasteiger partial charge in [0.2, 0.25) is 0 Å². The van der Waals surface area contributed by atoms with Crippen molar-refractivity contribution in [1.82, 2.24) is 9.80 Å². The van der Waals surface area contributed by atoms with Gasteiger partial charge in [-0.05, 0) is 38.7 Å². The molecule has 5 nitrogen and oxygen atoms in total. The Morgan fingerprint density at radius 3 is 2.10 bits per heavy atom. The second kappa shape index (κ2) is 10.9. The molecule has 2 aromatic rings. The molecule has 29 heavy (non-hydrogen) atoms. The van der Waals surface area contributed by atoms with E-state index in [1.807, 2.05) is 74.4 Å². The second-order valence-corrected chi connectivity index (χ2v) is 7.50. The van der Waals surface area contributed by atoms with Crippen molar-refractivity contribution in [3.8, 4) is 0 Å². The van der Waals surface area contributed by atoms with Gasteiger partial charge in [-0.1, -0.05) is 55.5 Å². The molecule has 1 amide bonds. The van der Waals surface area contributed by atoms with Gasteiger partial charge in [-0.25, -0.2) is 0 Å². The van der Waals surface area contributed by atoms with E-state index in [2.05, 4.69) is 17.0 Å². The Morgan fingerprint density at radius 1 is 1.03 bits per heavy atom. The molecule has 0 saturated carbocycles. The van der Waals surface area contributed by atoms with Gasteiger partial charge >= 0.3 is 0 Å². The Kier molecular flexibility index (Phi) is 8.55. The molecule has 0 spiro atoms. The summed E-state index contributed by atoms with van der Waals surface area (Å²) in [7, 11) is 4.03. The molecule has 1 aliphatic heterocycles. The van der Waals surface area contributed by atoms with E-state index in [-0.39, 0.29) is 11.7 Å². The number of carbonyl (C=O) groups is 2. The molecule has 5 heteroatoms. The van der Waals surface area contributed by atoms with Crippen molar-refractivity contribution in [1.29, 1.82) is 0 Å². The first-order chi connectivity index (χ1) is 13.9. The molecule has 1 aliphatic rings. The molecule has 3 rings (SSSR count). The van der Waals surface area contributed by atoms with Crippen LogP contribution in [0.15, 0.2) is 60.7 Å². The predicted molar refractivity (Wildman–Crippen MR) is 116 cm³/mol. The van der Waals surface area contributed by atoms with Crippen LogP contribution in [-0.4, -0.2) is 61.0 Å². The van der Waals surface area contributed by atoms with Gasteiger partial charge in [0.1, 0.15) is 11.5 Å². The van der Waals surface area contributed by atoms with Crippen LogP contribution in [0.25, 0.3) is 0 Å². The number of likely N-dealkylation sites (N-methyl/N-ethyl adjacent to an activating group) is 1. The highest BCUT2D eigenvalue weighted by Gasteiger charge is 2.40. The highest BCUT2D eigenvalue weighted by Crippen LogP contribution is 2.26. The first-order valence-corrected chi connectivity index (χ1v) is 10.1. The van der Waals surface area contributed by atoms with Crippen molar-refractivity contribution in [3.63, 3.8) is 0 Å². The molecule has 1 unspecified atom stereocenters. The van der Waals surface area contributed by atoms with Crippen LogP contribution in [0.4, 0.5) is 0 Å². The monoisotopic (exact) mass is 396 g/mol.